The van der Waals surface area contributed by atoms with Crippen molar-refractivity contribution in [1.82, 2.24) is 5.32 Å². The summed E-state index contributed by atoms with van der Waals surface area (Å²) in [4.78, 5) is 0. The summed E-state index contributed by atoms with van der Waals surface area (Å²) in [6.07, 6.45) is 7.21. The summed E-state index contributed by atoms with van der Waals surface area (Å²) in [7, 11) is 2.09. The van der Waals surface area contributed by atoms with Gasteiger partial charge in [0.1, 0.15) is 0 Å². The lowest BCUT2D eigenvalue weighted by molar-refractivity contribution is -0.192. The Morgan fingerprint density at radius 3 is 2.24 bits per heavy atom. The Kier molecular flexibility index (Phi) is 4.48. The molecule has 1 atom stereocenters. The van der Waals surface area contributed by atoms with Crippen molar-refractivity contribution in [1.29, 1.82) is 0 Å². The van der Waals surface area contributed by atoms with Crippen molar-refractivity contribution in [3.05, 3.63) is 0 Å². The van der Waals surface area contributed by atoms with E-state index in [4.69, 9.17) is 4.74 Å². The molecule has 100 valence electrons. The van der Waals surface area contributed by atoms with Crippen LogP contribution < -0.4 is 5.32 Å². The van der Waals surface area contributed by atoms with Crippen molar-refractivity contribution in [2.24, 2.45) is 23.2 Å². The second-order valence-corrected chi connectivity index (χ2v) is 6.47. The number of ether oxygens (including phenoxy) is 1. The summed E-state index contributed by atoms with van der Waals surface area (Å²) >= 11 is 0. The van der Waals surface area contributed by atoms with Gasteiger partial charge in [-0.3, -0.25) is 0 Å². The fraction of sp³-hybridized carbons (Fsp3) is 1.00. The molecule has 1 saturated carbocycles. The molecule has 1 N–H and O–H groups in total. The smallest absolute Gasteiger partial charge is 0.0550 e. The Balaban J connectivity index is 2.10. The van der Waals surface area contributed by atoms with Crippen LogP contribution in [-0.2, 0) is 4.74 Å². The SMILES string of the molecule is CNCC(C(C)C)C1(C2CCCCC2)COC1. The van der Waals surface area contributed by atoms with Gasteiger partial charge < -0.3 is 10.1 Å². The highest BCUT2D eigenvalue weighted by Crippen LogP contribution is 2.50. The van der Waals surface area contributed by atoms with E-state index in [-0.39, 0.29) is 0 Å². The highest BCUT2D eigenvalue weighted by Gasteiger charge is 2.51. The minimum Gasteiger partial charge on any atom is -0.380 e. The Morgan fingerprint density at radius 2 is 1.82 bits per heavy atom. The summed E-state index contributed by atoms with van der Waals surface area (Å²) < 4.78 is 5.64. The molecule has 2 rings (SSSR count). The van der Waals surface area contributed by atoms with E-state index in [1.165, 1.54) is 32.1 Å². The van der Waals surface area contributed by atoms with Gasteiger partial charge >= 0.3 is 0 Å². The van der Waals surface area contributed by atoms with Crippen molar-refractivity contribution in [2.45, 2.75) is 46.0 Å². The average Bonchev–Trinajstić information content (AvgIpc) is 2.28. The second kappa shape index (κ2) is 5.71. The van der Waals surface area contributed by atoms with Gasteiger partial charge in [-0.15, -0.1) is 0 Å². The van der Waals surface area contributed by atoms with Crippen LogP contribution in [0.15, 0.2) is 0 Å². The third-order valence-corrected chi connectivity index (χ3v) is 5.13. The van der Waals surface area contributed by atoms with Gasteiger partial charge in [-0.05, 0) is 44.2 Å². The Morgan fingerprint density at radius 1 is 1.18 bits per heavy atom. The minimum absolute atomic E-state index is 0.498. The minimum atomic E-state index is 0.498. The van der Waals surface area contributed by atoms with Crippen LogP contribution in [0.1, 0.15) is 46.0 Å². The molecule has 2 nitrogen and oxygen atoms in total. The molecule has 2 fully saturated rings. The maximum absolute atomic E-state index is 5.64. The Labute approximate surface area is 107 Å². The molecule has 0 bridgehead atoms. The number of hydrogen-bond donors (Lipinski definition) is 1. The molecular formula is C15H29NO. The van der Waals surface area contributed by atoms with Crippen LogP contribution in [0, 0.1) is 23.2 Å². The molecule has 0 radical (unpaired) electrons. The normalized spacial score (nSPS) is 26.8. The fourth-order valence-electron chi connectivity index (χ4n) is 4.09. The molecule has 0 aromatic carbocycles. The van der Waals surface area contributed by atoms with Crippen LogP contribution in [0.25, 0.3) is 0 Å². The van der Waals surface area contributed by atoms with Crippen molar-refractivity contribution in [3.8, 4) is 0 Å². The maximum Gasteiger partial charge on any atom is 0.0550 e. The molecule has 1 saturated heterocycles. The summed E-state index contributed by atoms with van der Waals surface area (Å²) in [6, 6.07) is 0. The van der Waals surface area contributed by atoms with E-state index in [2.05, 4.69) is 26.2 Å². The standard InChI is InChI=1S/C15H29NO/c1-12(2)14(9-16-3)15(10-17-11-15)13-7-5-4-6-8-13/h12-14,16H,4-11H2,1-3H3. The first-order valence-corrected chi connectivity index (χ1v) is 7.43. The topological polar surface area (TPSA) is 21.3 Å². The van der Waals surface area contributed by atoms with E-state index in [0.717, 1.165) is 37.5 Å². The van der Waals surface area contributed by atoms with Gasteiger partial charge in [0, 0.05) is 5.41 Å². The number of nitrogens with one attached hydrogen (secondary N) is 1. The van der Waals surface area contributed by atoms with Gasteiger partial charge in [0.2, 0.25) is 0 Å². The molecule has 0 spiro atoms. The van der Waals surface area contributed by atoms with Crippen LogP contribution in [-0.4, -0.2) is 26.8 Å². The van der Waals surface area contributed by atoms with Crippen molar-refractivity contribution in [3.63, 3.8) is 0 Å². The van der Waals surface area contributed by atoms with E-state index >= 15 is 0 Å². The van der Waals surface area contributed by atoms with Gasteiger partial charge in [-0.2, -0.15) is 0 Å². The Bertz CT molecular complexity index is 229. The van der Waals surface area contributed by atoms with Gasteiger partial charge in [0.25, 0.3) is 0 Å². The fourth-order valence-corrected chi connectivity index (χ4v) is 4.09. The first-order chi connectivity index (χ1) is 8.20. The van der Waals surface area contributed by atoms with Crippen molar-refractivity contribution < 1.29 is 4.74 Å². The molecule has 1 aliphatic carbocycles. The van der Waals surface area contributed by atoms with Crippen molar-refractivity contribution >= 4 is 0 Å². The van der Waals surface area contributed by atoms with Gasteiger partial charge in [-0.25, -0.2) is 0 Å². The lowest BCUT2D eigenvalue weighted by Crippen LogP contribution is -2.57. The molecule has 1 heterocycles. The van der Waals surface area contributed by atoms with Gasteiger partial charge in [0.15, 0.2) is 0 Å². The van der Waals surface area contributed by atoms with E-state index in [0.29, 0.717) is 5.41 Å². The molecule has 0 aromatic heterocycles. The summed E-state index contributed by atoms with van der Waals surface area (Å²) in [5.41, 5.74) is 0.498. The van der Waals surface area contributed by atoms with Crippen LogP contribution in [0.5, 0.6) is 0 Å². The largest absolute Gasteiger partial charge is 0.380 e. The lowest BCUT2D eigenvalue weighted by Gasteiger charge is -2.54. The van der Waals surface area contributed by atoms with Gasteiger partial charge in [0.05, 0.1) is 13.2 Å². The summed E-state index contributed by atoms with van der Waals surface area (Å²) in [6.45, 7) is 7.94. The third-order valence-electron chi connectivity index (χ3n) is 5.13. The molecule has 0 aromatic rings. The molecular weight excluding hydrogens is 210 g/mol. The van der Waals surface area contributed by atoms with E-state index < -0.39 is 0 Å². The molecule has 2 aliphatic rings. The predicted molar refractivity (Wildman–Crippen MR) is 72.1 cm³/mol. The average molecular weight is 239 g/mol. The van der Waals surface area contributed by atoms with Crippen LogP contribution >= 0.6 is 0 Å². The van der Waals surface area contributed by atoms with Crippen molar-refractivity contribution in [2.75, 3.05) is 26.8 Å². The quantitative estimate of drug-likeness (QED) is 0.796. The maximum atomic E-state index is 5.64. The second-order valence-electron chi connectivity index (χ2n) is 6.47. The third kappa shape index (κ3) is 2.53. The predicted octanol–water partition coefficient (Wildman–Crippen LogP) is 3.07. The molecule has 0 amide bonds. The monoisotopic (exact) mass is 239 g/mol. The lowest BCUT2D eigenvalue weighted by atomic mass is 9.58. The van der Waals surface area contributed by atoms with Crippen LogP contribution in [0.3, 0.4) is 0 Å². The Hall–Kier alpha value is -0.0800. The van der Waals surface area contributed by atoms with Crippen LogP contribution in [0.2, 0.25) is 0 Å². The van der Waals surface area contributed by atoms with Crippen LogP contribution in [0.4, 0.5) is 0 Å². The number of rotatable bonds is 5. The highest BCUT2D eigenvalue weighted by atomic mass is 16.5. The zero-order valence-corrected chi connectivity index (χ0v) is 11.8. The van der Waals surface area contributed by atoms with E-state index in [1.807, 2.05) is 0 Å². The first kappa shape index (κ1) is 13.4. The first-order valence-electron chi connectivity index (χ1n) is 7.43. The zero-order valence-electron chi connectivity index (χ0n) is 11.8. The van der Waals surface area contributed by atoms with E-state index in [9.17, 15) is 0 Å². The highest BCUT2D eigenvalue weighted by molar-refractivity contribution is 4.99. The van der Waals surface area contributed by atoms with Gasteiger partial charge in [-0.1, -0.05) is 33.1 Å². The molecule has 17 heavy (non-hydrogen) atoms. The zero-order chi connectivity index (χ0) is 12.3. The summed E-state index contributed by atoms with van der Waals surface area (Å²) in [5, 5.41) is 3.41. The summed E-state index contributed by atoms with van der Waals surface area (Å²) in [5.74, 6) is 2.46. The van der Waals surface area contributed by atoms with E-state index in [1.54, 1.807) is 0 Å². The molecule has 1 unspecified atom stereocenters. The molecule has 2 heteroatoms. The number of hydrogen-bond acceptors (Lipinski definition) is 2. The molecule has 1 aliphatic heterocycles.